The molecule has 3 saturated carbocycles. The molecule has 0 aromatic heterocycles. The van der Waals surface area contributed by atoms with E-state index >= 15 is 0 Å². The number of carbonyl (C=O) groups excluding carboxylic acids is 1. The fraction of sp³-hybridized carbons (Fsp3) is 0.900. The second-order valence-electron chi connectivity index (χ2n) is 8.88. The SMILES string of the molecule is CN(C)C(=O)CN=C(NC1CCCCC1)NC1C2CCOC2C12CCC2. The van der Waals surface area contributed by atoms with Crippen LogP contribution in [0.25, 0.3) is 0 Å². The van der Waals surface area contributed by atoms with Gasteiger partial charge in [-0.05, 0) is 32.1 Å². The quantitative estimate of drug-likeness (QED) is 0.592. The average Bonchev–Trinajstić information content (AvgIpc) is 3.01. The van der Waals surface area contributed by atoms with E-state index in [4.69, 9.17) is 4.74 Å². The maximum absolute atomic E-state index is 12.0. The lowest BCUT2D eigenvalue weighted by Gasteiger charge is -2.63. The van der Waals surface area contributed by atoms with E-state index < -0.39 is 0 Å². The van der Waals surface area contributed by atoms with Gasteiger partial charge >= 0.3 is 0 Å². The summed E-state index contributed by atoms with van der Waals surface area (Å²) in [5.41, 5.74) is 0.321. The van der Waals surface area contributed by atoms with Crippen LogP contribution in [0.3, 0.4) is 0 Å². The van der Waals surface area contributed by atoms with Gasteiger partial charge in [-0.1, -0.05) is 25.7 Å². The minimum atomic E-state index is 0.0452. The highest BCUT2D eigenvalue weighted by Gasteiger charge is 2.66. The zero-order valence-electron chi connectivity index (χ0n) is 16.3. The lowest BCUT2D eigenvalue weighted by atomic mass is 9.46. The molecule has 1 heterocycles. The zero-order valence-corrected chi connectivity index (χ0v) is 16.3. The van der Waals surface area contributed by atoms with Crippen LogP contribution >= 0.6 is 0 Å². The summed E-state index contributed by atoms with van der Waals surface area (Å²) < 4.78 is 6.04. The van der Waals surface area contributed by atoms with Gasteiger partial charge in [0.25, 0.3) is 0 Å². The van der Waals surface area contributed by atoms with Crippen molar-refractivity contribution >= 4 is 11.9 Å². The predicted octanol–water partition coefficient (Wildman–Crippen LogP) is 1.90. The van der Waals surface area contributed by atoms with Gasteiger partial charge in [-0.15, -0.1) is 0 Å². The highest BCUT2D eigenvalue weighted by Crippen LogP contribution is 2.62. The van der Waals surface area contributed by atoms with Crippen LogP contribution in [0.4, 0.5) is 0 Å². The van der Waals surface area contributed by atoms with Crippen molar-refractivity contribution in [2.75, 3.05) is 27.2 Å². The molecule has 4 aliphatic rings. The molecule has 26 heavy (non-hydrogen) atoms. The summed E-state index contributed by atoms with van der Waals surface area (Å²) in [6.45, 7) is 1.11. The van der Waals surface area contributed by atoms with Gasteiger partial charge in [0.05, 0.1) is 6.10 Å². The van der Waals surface area contributed by atoms with E-state index in [0.717, 1.165) is 19.0 Å². The number of hydrogen-bond donors (Lipinski definition) is 2. The van der Waals surface area contributed by atoms with E-state index in [1.165, 1.54) is 51.4 Å². The molecule has 1 aliphatic heterocycles. The summed E-state index contributed by atoms with van der Waals surface area (Å²) in [5, 5.41) is 7.39. The van der Waals surface area contributed by atoms with Crippen molar-refractivity contribution < 1.29 is 9.53 Å². The summed E-state index contributed by atoms with van der Waals surface area (Å²) in [4.78, 5) is 18.3. The summed E-state index contributed by atoms with van der Waals surface area (Å²) in [7, 11) is 3.57. The lowest BCUT2D eigenvalue weighted by Crippen LogP contribution is -2.72. The first-order valence-electron chi connectivity index (χ1n) is 10.5. The van der Waals surface area contributed by atoms with Crippen molar-refractivity contribution in [3.8, 4) is 0 Å². The van der Waals surface area contributed by atoms with Crippen LogP contribution < -0.4 is 10.6 Å². The maximum atomic E-state index is 12.0. The number of aliphatic imine (C=N–C) groups is 1. The molecule has 3 aliphatic carbocycles. The first-order chi connectivity index (χ1) is 12.6. The fourth-order valence-electron chi connectivity index (χ4n) is 5.46. The van der Waals surface area contributed by atoms with Gasteiger partial charge < -0.3 is 20.3 Å². The molecule has 0 bridgehead atoms. The normalized spacial score (nSPS) is 33.2. The van der Waals surface area contributed by atoms with Crippen LogP contribution in [0.5, 0.6) is 0 Å². The third-order valence-corrected chi connectivity index (χ3v) is 7.15. The molecule has 0 radical (unpaired) electrons. The Morgan fingerprint density at radius 2 is 1.88 bits per heavy atom. The fourth-order valence-corrected chi connectivity index (χ4v) is 5.46. The van der Waals surface area contributed by atoms with Gasteiger partial charge in [0.2, 0.25) is 5.91 Å². The van der Waals surface area contributed by atoms with Crippen LogP contribution in [0.15, 0.2) is 4.99 Å². The highest BCUT2D eigenvalue weighted by atomic mass is 16.5. The van der Waals surface area contributed by atoms with Gasteiger partial charge in [0.1, 0.15) is 6.54 Å². The number of amides is 1. The molecule has 6 nitrogen and oxygen atoms in total. The molecule has 3 unspecified atom stereocenters. The Balaban J connectivity index is 1.45. The van der Waals surface area contributed by atoms with Crippen molar-refractivity contribution in [2.45, 2.75) is 76.0 Å². The van der Waals surface area contributed by atoms with E-state index in [2.05, 4.69) is 15.6 Å². The number of hydrogen-bond acceptors (Lipinski definition) is 3. The topological polar surface area (TPSA) is 66.0 Å². The van der Waals surface area contributed by atoms with Gasteiger partial charge in [0, 0.05) is 44.1 Å². The number of rotatable bonds is 4. The van der Waals surface area contributed by atoms with Crippen molar-refractivity contribution in [3.05, 3.63) is 0 Å². The van der Waals surface area contributed by atoms with E-state index in [0.29, 0.717) is 29.5 Å². The standard InChI is InChI=1S/C20H34N4O2/c1-24(2)16(25)13-21-19(22-14-7-4-3-5-8-14)23-17-15-9-12-26-18(15)20(17)10-6-11-20/h14-15,17-18H,3-13H2,1-2H3,(H2,21,22,23). The molecular weight excluding hydrogens is 328 g/mol. The Kier molecular flexibility index (Phi) is 5.13. The monoisotopic (exact) mass is 362 g/mol. The Hall–Kier alpha value is -1.30. The molecule has 4 rings (SSSR count). The third-order valence-electron chi connectivity index (χ3n) is 7.15. The number of fused-ring (bicyclic) bond motifs is 2. The molecule has 1 amide bonds. The Morgan fingerprint density at radius 1 is 1.12 bits per heavy atom. The maximum Gasteiger partial charge on any atom is 0.243 e. The molecule has 6 heteroatoms. The number of likely N-dealkylation sites (N-methyl/N-ethyl adjacent to an activating group) is 1. The molecule has 4 fully saturated rings. The minimum Gasteiger partial charge on any atom is -0.377 e. The van der Waals surface area contributed by atoms with Crippen molar-refractivity contribution in [2.24, 2.45) is 16.3 Å². The van der Waals surface area contributed by atoms with Crippen LogP contribution in [0, 0.1) is 11.3 Å². The second kappa shape index (κ2) is 7.37. The van der Waals surface area contributed by atoms with Crippen molar-refractivity contribution in [1.29, 1.82) is 0 Å². The first-order valence-corrected chi connectivity index (χ1v) is 10.5. The van der Waals surface area contributed by atoms with Crippen LogP contribution in [0.2, 0.25) is 0 Å². The number of guanidine groups is 1. The van der Waals surface area contributed by atoms with Gasteiger partial charge in [-0.3, -0.25) is 4.79 Å². The van der Waals surface area contributed by atoms with Crippen LogP contribution in [0.1, 0.15) is 57.8 Å². The lowest BCUT2D eigenvalue weighted by molar-refractivity contribution is -0.171. The van der Waals surface area contributed by atoms with Crippen LogP contribution in [-0.2, 0) is 9.53 Å². The number of ether oxygens (including phenoxy) is 1. The zero-order chi connectivity index (χ0) is 18.1. The summed E-state index contributed by atoms with van der Waals surface area (Å²) >= 11 is 0. The van der Waals surface area contributed by atoms with Gasteiger partial charge in [-0.2, -0.15) is 0 Å². The minimum absolute atomic E-state index is 0.0452. The van der Waals surface area contributed by atoms with E-state index in [-0.39, 0.29) is 12.5 Å². The molecule has 146 valence electrons. The summed E-state index contributed by atoms with van der Waals surface area (Å²) in [6.07, 6.45) is 11.8. The number of nitrogens with zero attached hydrogens (tertiary/aromatic N) is 2. The Morgan fingerprint density at radius 3 is 2.54 bits per heavy atom. The van der Waals surface area contributed by atoms with Crippen LogP contribution in [-0.4, -0.2) is 62.2 Å². The summed E-state index contributed by atoms with van der Waals surface area (Å²) in [5.74, 6) is 1.50. The predicted molar refractivity (Wildman–Crippen MR) is 102 cm³/mol. The van der Waals surface area contributed by atoms with Gasteiger partial charge in [-0.25, -0.2) is 4.99 Å². The Labute approximate surface area is 157 Å². The molecule has 0 aromatic carbocycles. The van der Waals surface area contributed by atoms with Crippen molar-refractivity contribution in [1.82, 2.24) is 15.5 Å². The van der Waals surface area contributed by atoms with E-state index in [1.54, 1.807) is 19.0 Å². The highest BCUT2D eigenvalue weighted by molar-refractivity contribution is 5.85. The third kappa shape index (κ3) is 3.21. The molecule has 2 N–H and O–H groups in total. The average molecular weight is 363 g/mol. The largest absolute Gasteiger partial charge is 0.377 e. The molecule has 0 aromatic rings. The van der Waals surface area contributed by atoms with Crippen molar-refractivity contribution in [3.63, 3.8) is 0 Å². The summed E-state index contributed by atoms with van der Waals surface area (Å²) in [6, 6.07) is 0.936. The molecule has 1 saturated heterocycles. The molecule has 1 spiro atoms. The second-order valence-corrected chi connectivity index (χ2v) is 8.88. The first kappa shape index (κ1) is 18.1. The van der Waals surface area contributed by atoms with E-state index in [1.807, 2.05) is 0 Å². The van der Waals surface area contributed by atoms with Gasteiger partial charge in [0.15, 0.2) is 5.96 Å². The Bertz CT molecular complexity index is 552. The number of carbonyl (C=O) groups is 1. The molecular formula is C20H34N4O2. The van der Waals surface area contributed by atoms with E-state index in [9.17, 15) is 4.79 Å². The number of nitrogens with one attached hydrogen (secondary N) is 2. The smallest absolute Gasteiger partial charge is 0.243 e. The molecule has 3 atom stereocenters.